The fourth-order valence-corrected chi connectivity index (χ4v) is 5.39. The van der Waals surface area contributed by atoms with Crippen LogP contribution in [-0.4, -0.2) is 24.0 Å². The van der Waals surface area contributed by atoms with Crippen molar-refractivity contribution in [3.63, 3.8) is 0 Å². The van der Waals surface area contributed by atoms with Crippen LogP contribution in [0.2, 0.25) is 0 Å². The second-order valence-corrected chi connectivity index (χ2v) is 9.42. The first-order valence-corrected chi connectivity index (χ1v) is 9.62. The molecule has 0 amide bonds. The highest BCUT2D eigenvalue weighted by molar-refractivity contribution is 5.01. The fourth-order valence-electron chi connectivity index (χ4n) is 5.39. The molecule has 3 aliphatic rings. The van der Waals surface area contributed by atoms with Gasteiger partial charge in [-0.3, -0.25) is 0 Å². The molecule has 0 aromatic rings. The fraction of sp³-hybridized carbons (Fsp3) is 1.00. The lowest BCUT2D eigenvalue weighted by Crippen LogP contribution is -2.30. The van der Waals surface area contributed by atoms with E-state index in [0.717, 1.165) is 53.4 Å². The van der Waals surface area contributed by atoms with Crippen molar-refractivity contribution < 1.29 is 0 Å². The molecule has 1 saturated heterocycles. The maximum Gasteiger partial charge on any atom is 0.00703 e. The average Bonchev–Trinajstić information content (AvgIpc) is 3.25. The molecule has 3 fully saturated rings. The molecular weight excluding hydrogens is 254 g/mol. The van der Waals surface area contributed by atoms with Gasteiger partial charge in [0.05, 0.1) is 0 Å². The maximum atomic E-state index is 2.85. The van der Waals surface area contributed by atoms with Crippen LogP contribution in [0.1, 0.15) is 60.8 Å². The summed E-state index contributed by atoms with van der Waals surface area (Å²) in [5.74, 6) is 7.96. The van der Waals surface area contributed by atoms with Crippen molar-refractivity contribution in [3.05, 3.63) is 0 Å². The molecule has 0 spiro atoms. The van der Waals surface area contributed by atoms with Crippen LogP contribution in [0.25, 0.3) is 0 Å². The van der Waals surface area contributed by atoms with E-state index in [9.17, 15) is 0 Å². The van der Waals surface area contributed by atoms with Crippen molar-refractivity contribution >= 4 is 0 Å². The molecule has 3 rings (SSSR count). The molecule has 1 heterocycles. The summed E-state index contributed by atoms with van der Waals surface area (Å²) in [5, 5.41) is 0. The van der Waals surface area contributed by atoms with Gasteiger partial charge < -0.3 is 4.90 Å². The van der Waals surface area contributed by atoms with Gasteiger partial charge in [-0.2, -0.15) is 0 Å². The molecule has 2 aliphatic carbocycles. The highest BCUT2D eigenvalue weighted by atomic mass is 15.2. The van der Waals surface area contributed by atoms with Gasteiger partial charge in [-0.15, -0.1) is 0 Å². The Kier molecular flexibility index (Phi) is 4.43. The Hall–Kier alpha value is -0.0400. The number of hydrogen-bond donors (Lipinski definition) is 0. The Bertz CT molecular complexity index is 361. The second-order valence-electron chi connectivity index (χ2n) is 9.42. The van der Waals surface area contributed by atoms with Crippen molar-refractivity contribution in [3.8, 4) is 0 Å². The van der Waals surface area contributed by atoms with Crippen molar-refractivity contribution in [1.29, 1.82) is 0 Å². The van der Waals surface area contributed by atoms with Crippen LogP contribution in [0.5, 0.6) is 0 Å². The average molecular weight is 292 g/mol. The van der Waals surface area contributed by atoms with E-state index in [-0.39, 0.29) is 0 Å². The molecule has 7 unspecified atom stereocenters. The van der Waals surface area contributed by atoms with E-state index in [0.29, 0.717) is 0 Å². The zero-order chi connectivity index (χ0) is 15.3. The minimum Gasteiger partial charge on any atom is -0.300 e. The van der Waals surface area contributed by atoms with Gasteiger partial charge in [-0.05, 0) is 73.5 Å². The van der Waals surface area contributed by atoms with E-state index in [4.69, 9.17) is 0 Å². The summed E-state index contributed by atoms with van der Waals surface area (Å²) in [5.41, 5.74) is 0. The minimum atomic E-state index is 0.843. The van der Waals surface area contributed by atoms with E-state index in [1.165, 1.54) is 32.4 Å². The molecule has 2 saturated carbocycles. The van der Waals surface area contributed by atoms with E-state index < -0.39 is 0 Å². The van der Waals surface area contributed by atoms with Gasteiger partial charge in [-0.1, -0.05) is 34.6 Å². The first-order chi connectivity index (χ1) is 9.88. The van der Waals surface area contributed by atoms with Gasteiger partial charge >= 0.3 is 0 Å². The molecular formula is C20H37N. The van der Waals surface area contributed by atoms with Crippen LogP contribution in [0.15, 0.2) is 0 Å². The van der Waals surface area contributed by atoms with E-state index in [1.807, 2.05) is 0 Å². The maximum absolute atomic E-state index is 2.85. The molecule has 122 valence electrons. The lowest BCUT2D eigenvalue weighted by atomic mass is 9.96. The number of nitrogens with zero attached hydrogens (tertiary/aromatic N) is 1. The van der Waals surface area contributed by atoms with Gasteiger partial charge in [0.1, 0.15) is 0 Å². The molecule has 7 atom stereocenters. The Morgan fingerprint density at radius 3 is 2.29 bits per heavy atom. The van der Waals surface area contributed by atoms with Crippen LogP contribution < -0.4 is 0 Å². The topological polar surface area (TPSA) is 3.24 Å². The smallest absolute Gasteiger partial charge is 0.00703 e. The monoisotopic (exact) mass is 291 g/mol. The summed E-state index contributed by atoms with van der Waals surface area (Å²) in [7, 11) is 0. The lowest BCUT2D eigenvalue weighted by molar-refractivity contribution is 0.241. The van der Waals surface area contributed by atoms with Gasteiger partial charge in [0.15, 0.2) is 0 Å². The molecule has 0 aromatic heterocycles. The summed E-state index contributed by atoms with van der Waals surface area (Å²) < 4.78 is 0. The third kappa shape index (κ3) is 3.33. The van der Waals surface area contributed by atoms with E-state index in [2.05, 4.69) is 46.4 Å². The SMILES string of the molecule is CC(C)CC1C(C)C1CN1CC(C2CC2C(C)C)CC1C. The molecule has 0 radical (unpaired) electrons. The largest absolute Gasteiger partial charge is 0.300 e. The zero-order valence-corrected chi connectivity index (χ0v) is 15.2. The van der Waals surface area contributed by atoms with Crippen molar-refractivity contribution in [2.45, 2.75) is 66.8 Å². The Labute approximate surface area is 132 Å². The summed E-state index contributed by atoms with van der Waals surface area (Å²) in [4.78, 5) is 2.85. The molecule has 1 heteroatoms. The highest BCUT2D eigenvalue weighted by Gasteiger charge is 2.51. The molecule has 0 bridgehead atoms. The molecule has 1 nitrogen and oxygen atoms in total. The summed E-state index contributed by atoms with van der Waals surface area (Å²) in [6.07, 6.45) is 4.46. The van der Waals surface area contributed by atoms with Crippen LogP contribution in [0.4, 0.5) is 0 Å². The number of hydrogen-bond acceptors (Lipinski definition) is 1. The first-order valence-electron chi connectivity index (χ1n) is 9.62. The standard InChI is InChI=1S/C20H37N/c1-12(2)7-18-15(6)20(18)11-21-10-16(8-14(21)5)19-9-17(19)13(3)4/h12-20H,7-11H2,1-6H3. The second kappa shape index (κ2) is 5.87. The van der Waals surface area contributed by atoms with Gasteiger partial charge in [-0.25, -0.2) is 0 Å². The summed E-state index contributed by atoms with van der Waals surface area (Å²) >= 11 is 0. The lowest BCUT2D eigenvalue weighted by Gasteiger charge is -2.21. The minimum absolute atomic E-state index is 0.843. The number of rotatable bonds is 6. The highest BCUT2D eigenvalue weighted by Crippen LogP contribution is 2.54. The Balaban J connectivity index is 1.47. The third-order valence-corrected chi connectivity index (χ3v) is 7.04. The normalized spacial score (nSPS) is 46.6. The molecule has 0 aromatic carbocycles. The Morgan fingerprint density at radius 2 is 1.71 bits per heavy atom. The van der Waals surface area contributed by atoms with Gasteiger partial charge in [0.25, 0.3) is 0 Å². The van der Waals surface area contributed by atoms with Crippen LogP contribution in [-0.2, 0) is 0 Å². The first kappa shape index (κ1) is 15.8. The molecule has 0 N–H and O–H groups in total. The summed E-state index contributed by atoms with van der Waals surface area (Å²) in [6.45, 7) is 17.4. The predicted octanol–water partition coefficient (Wildman–Crippen LogP) is 4.92. The van der Waals surface area contributed by atoms with Crippen LogP contribution in [0.3, 0.4) is 0 Å². The van der Waals surface area contributed by atoms with Crippen molar-refractivity contribution in [2.24, 2.45) is 47.3 Å². The Morgan fingerprint density at radius 1 is 1.00 bits per heavy atom. The zero-order valence-electron chi connectivity index (χ0n) is 15.2. The third-order valence-electron chi connectivity index (χ3n) is 7.04. The van der Waals surface area contributed by atoms with E-state index in [1.54, 1.807) is 0 Å². The van der Waals surface area contributed by atoms with E-state index >= 15 is 0 Å². The molecule has 1 aliphatic heterocycles. The van der Waals surface area contributed by atoms with Crippen LogP contribution in [0, 0.1) is 47.3 Å². The predicted molar refractivity (Wildman–Crippen MR) is 91.2 cm³/mol. The quantitative estimate of drug-likeness (QED) is 0.671. The van der Waals surface area contributed by atoms with Crippen molar-refractivity contribution in [2.75, 3.05) is 13.1 Å². The summed E-state index contributed by atoms with van der Waals surface area (Å²) in [6, 6.07) is 0.843. The van der Waals surface area contributed by atoms with Gasteiger partial charge in [0.2, 0.25) is 0 Å². The van der Waals surface area contributed by atoms with Crippen molar-refractivity contribution in [1.82, 2.24) is 4.90 Å². The van der Waals surface area contributed by atoms with Crippen LogP contribution >= 0.6 is 0 Å². The molecule has 21 heavy (non-hydrogen) atoms. The number of likely N-dealkylation sites (tertiary alicyclic amines) is 1. The van der Waals surface area contributed by atoms with Gasteiger partial charge in [0, 0.05) is 19.1 Å².